The maximum atomic E-state index is 13.1. The predicted octanol–water partition coefficient (Wildman–Crippen LogP) is 2.68. The first kappa shape index (κ1) is 19.6. The lowest BCUT2D eigenvalue weighted by Gasteiger charge is -2.33. The number of benzene rings is 1. The largest absolute Gasteiger partial charge is 0.379 e. The van der Waals surface area contributed by atoms with E-state index in [1.54, 1.807) is 19.2 Å². The highest BCUT2D eigenvalue weighted by Gasteiger charge is 2.34. The zero-order valence-electron chi connectivity index (χ0n) is 14.2. The van der Waals surface area contributed by atoms with Gasteiger partial charge in [0.25, 0.3) is 0 Å². The van der Waals surface area contributed by atoms with Crippen molar-refractivity contribution in [2.24, 2.45) is 5.92 Å². The van der Waals surface area contributed by atoms with Crippen LogP contribution in [0.5, 0.6) is 0 Å². The molecule has 0 spiro atoms. The van der Waals surface area contributed by atoms with Gasteiger partial charge in [-0.2, -0.15) is 0 Å². The molecule has 1 aromatic rings. The molecule has 6 heteroatoms. The van der Waals surface area contributed by atoms with Gasteiger partial charge in [-0.25, -0.2) is 4.39 Å². The van der Waals surface area contributed by atoms with E-state index < -0.39 is 0 Å². The van der Waals surface area contributed by atoms with Crippen LogP contribution < -0.4 is 10.6 Å². The Kier molecular flexibility index (Phi) is 7.91. The Morgan fingerprint density at radius 3 is 2.79 bits per heavy atom. The van der Waals surface area contributed by atoms with Gasteiger partial charge in [-0.15, -0.1) is 12.4 Å². The van der Waals surface area contributed by atoms with E-state index in [9.17, 15) is 4.39 Å². The van der Waals surface area contributed by atoms with Gasteiger partial charge in [0.2, 0.25) is 0 Å². The van der Waals surface area contributed by atoms with Crippen LogP contribution in [0.1, 0.15) is 30.9 Å². The molecule has 3 rings (SSSR count). The summed E-state index contributed by atoms with van der Waals surface area (Å²) >= 11 is 0. The third kappa shape index (κ3) is 4.90. The van der Waals surface area contributed by atoms with Crippen LogP contribution in [-0.4, -0.2) is 45.5 Å². The number of morpholine rings is 1. The van der Waals surface area contributed by atoms with Gasteiger partial charge < -0.3 is 20.1 Å². The van der Waals surface area contributed by atoms with Gasteiger partial charge in [0, 0.05) is 32.3 Å². The molecule has 0 amide bonds. The van der Waals surface area contributed by atoms with Crippen LogP contribution in [0.2, 0.25) is 0 Å². The van der Waals surface area contributed by atoms with Gasteiger partial charge in [0.05, 0.1) is 19.3 Å². The second kappa shape index (κ2) is 9.68. The molecule has 1 aromatic carbocycles. The Labute approximate surface area is 149 Å². The smallest absolute Gasteiger partial charge is 0.123 e. The van der Waals surface area contributed by atoms with Crippen LogP contribution >= 0.6 is 12.4 Å². The first-order chi connectivity index (χ1) is 11.3. The molecular formula is C18H28ClFN2O2. The highest BCUT2D eigenvalue weighted by molar-refractivity contribution is 5.85. The normalized spacial score (nSPS) is 28.3. The molecule has 1 heterocycles. The van der Waals surface area contributed by atoms with Crippen molar-refractivity contribution < 1.29 is 13.9 Å². The van der Waals surface area contributed by atoms with Crippen LogP contribution in [0.4, 0.5) is 4.39 Å². The topological polar surface area (TPSA) is 42.5 Å². The number of hydrogen-bond acceptors (Lipinski definition) is 4. The van der Waals surface area contributed by atoms with E-state index in [-0.39, 0.29) is 24.3 Å². The quantitative estimate of drug-likeness (QED) is 0.820. The van der Waals surface area contributed by atoms with Crippen molar-refractivity contribution in [2.75, 3.05) is 33.4 Å². The van der Waals surface area contributed by atoms with Crippen LogP contribution in [-0.2, 0) is 9.47 Å². The molecule has 1 aliphatic heterocycles. The summed E-state index contributed by atoms with van der Waals surface area (Å²) in [4.78, 5) is 0. The van der Waals surface area contributed by atoms with Gasteiger partial charge in [-0.3, -0.25) is 0 Å². The fourth-order valence-corrected chi connectivity index (χ4v) is 3.86. The maximum absolute atomic E-state index is 13.1. The molecule has 0 bridgehead atoms. The SMILES string of the molecule is COC(CNC1CCCC1C1COCCN1)c1ccc(F)cc1.Cl. The van der Waals surface area contributed by atoms with Crippen molar-refractivity contribution >= 4 is 12.4 Å². The standard InChI is InChI=1S/C18H27FN2O2.ClH/c1-22-18(13-5-7-14(19)8-6-13)11-21-16-4-2-3-15(16)17-12-23-10-9-20-17;/h5-8,15-18,20-21H,2-4,9-12H2,1H3;1H. The van der Waals surface area contributed by atoms with E-state index in [0.29, 0.717) is 18.0 Å². The molecule has 1 aliphatic carbocycles. The molecule has 4 unspecified atom stereocenters. The number of nitrogens with one attached hydrogen (secondary N) is 2. The van der Waals surface area contributed by atoms with Gasteiger partial charge in [-0.1, -0.05) is 18.6 Å². The second-order valence-corrected chi connectivity index (χ2v) is 6.52. The van der Waals surface area contributed by atoms with Crippen LogP contribution in [0.15, 0.2) is 24.3 Å². The molecule has 2 aliphatic rings. The number of hydrogen-bond donors (Lipinski definition) is 2. The fourth-order valence-electron chi connectivity index (χ4n) is 3.86. The van der Waals surface area contributed by atoms with Crippen molar-refractivity contribution in [3.05, 3.63) is 35.6 Å². The Morgan fingerprint density at radius 2 is 2.12 bits per heavy atom. The maximum Gasteiger partial charge on any atom is 0.123 e. The molecule has 136 valence electrons. The monoisotopic (exact) mass is 358 g/mol. The van der Waals surface area contributed by atoms with E-state index in [1.165, 1.54) is 31.4 Å². The van der Waals surface area contributed by atoms with Crippen LogP contribution in [0.3, 0.4) is 0 Å². The lowest BCUT2D eigenvalue weighted by molar-refractivity contribution is 0.0496. The van der Waals surface area contributed by atoms with E-state index >= 15 is 0 Å². The number of rotatable bonds is 6. The minimum Gasteiger partial charge on any atom is -0.379 e. The zero-order valence-corrected chi connectivity index (χ0v) is 15.0. The highest BCUT2D eigenvalue weighted by atomic mass is 35.5. The minimum atomic E-state index is -0.212. The van der Waals surface area contributed by atoms with E-state index in [2.05, 4.69) is 10.6 Å². The van der Waals surface area contributed by atoms with E-state index in [1.807, 2.05) is 0 Å². The lowest BCUT2D eigenvalue weighted by Crippen LogP contribution is -2.51. The minimum absolute atomic E-state index is 0. The predicted molar refractivity (Wildman–Crippen MR) is 95.1 cm³/mol. The van der Waals surface area contributed by atoms with Crippen molar-refractivity contribution in [1.82, 2.24) is 10.6 Å². The Hall–Kier alpha value is -0.720. The molecule has 0 aromatic heterocycles. The van der Waals surface area contributed by atoms with Gasteiger partial charge in [0.1, 0.15) is 5.82 Å². The fraction of sp³-hybridized carbons (Fsp3) is 0.667. The summed E-state index contributed by atoms with van der Waals surface area (Å²) in [5.74, 6) is 0.400. The average molecular weight is 359 g/mol. The molecule has 0 radical (unpaired) electrons. The van der Waals surface area contributed by atoms with Crippen molar-refractivity contribution in [1.29, 1.82) is 0 Å². The molecule has 24 heavy (non-hydrogen) atoms. The summed E-state index contributed by atoms with van der Waals surface area (Å²) in [6, 6.07) is 7.52. The molecule has 4 atom stereocenters. The molecule has 4 nitrogen and oxygen atoms in total. The molecular weight excluding hydrogens is 331 g/mol. The summed E-state index contributed by atoms with van der Waals surface area (Å²) in [6.07, 6.45) is 3.65. The number of halogens is 2. The number of ether oxygens (including phenoxy) is 2. The van der Waals surface area contributed by atoms with Crippen LogP contribution in [0.25, 0.3) is 0 Å². The summed E-state index contributed by atoms with van der Waals surface area (Å²) in [7, 11) is 1.71. The zero-order chi connectivity index (χ0) is 16.1. The van der Waals surface area contributed by atoms with Crippen molar-refractivity contribution in [3.63, 3.8) is 0 Å². The van der Waals surface area contributed by atoms with Crippen molar-refractivity contribution in [2.45, 2.75) is 37.5 Å². The third-order valence-electron chi connectivity index (χ3n) is 5.13. The second-order valence-electron chi connectivity index (χ2n) is 6.52. The first-order valence-corrected chi connectivity index (χ1v) is 8.60. The summed E-state index contributed by atoms with van der Waals surface area (Å²) in [6.45, 7) is 3.33. The van der Waals surface area contributed by atoms with Gasteiger partial charge in [0.15, 0.2) is 0 Å². The van der Waals surface area contributed by atoms with E-state index in [0.717, 1.165) is 31.9 Å². The Morgan fingerprint density at radius 1 is 1.33 bits per heavy atom. The molecule has 1 saturated carbocycles. The Balaban J connectivity index is 0.00000208. The van der Waals surface area contributed by atoms with Crippen molar-refractivity contribution in [3.8, 4) is 0 Å². The molecule has 2 fully saturated rings. The highest BCUT2D eigenvalue weighted by Crippen LogP contribution is 2.30. The van der Waals surface area contributed by atoms with E-state index in [4.69, 9.17) is 9.47 Å². The Bertz CT molecular complexity index is 482. The first-order valence-electron chi connectivity index (χ1n) is 8.60. The number of methoxy groups -OCH3 is 1. The lowest BCUT2D eigenvalue weighted by atomic mass is 9.93. The van der Waals surface area contributed by atoms with Gasteiger partial charge in [-0.05, 0) is 36.5 Å². The average Bonchev–Trinajstić information content (AvgIpc) is 3.06. The van der Waals surface area contributed by atoms with Crippen LogP contribution in [0, 0.1) is 11.7 Å². The summed E-state index contributed by atoms with van der Waals surface area (Å²) < 4.78 is 24.3. The molecule has 1 saturated heterocycles. The van der Waals surface area contributed by atoms with Gasteiger partial charge >= 0.3 is 0 Å². The summed E-state index contributed by atoms with van der Waals surface area (Å²) in [5, 5.41) is 7.27. The third-order valence-corrected chi connectivity index (χ3v) is 5.13. The molecule has 2 N–H and O–H groups in total. The summed E-state index contributed by atoms with van der Waals surface area (Å²) in [5.41, 5.74) is 1.01.